The minimum Gasteiger partial charge on any atom is -0.759 e. The van der Waals surface area contributed by atoms with Crippen molar-refractivity contribution in [3.05, 3.63) is 28.6 Å². The molecule has 1 rings (SSSR count). The summed E-state index contributed by atoms with van der Waals surface area (Å²) in [5.74, 6) is 0. The Hall–Kier alpha value is -0.800. The van der Waals surface area contributed by atoms with Crippen LogP contribution in [0.2, 0.25) is 0 Å². The molecule has 1 aliphatic carbocycles. The van der Waals surface area contributed by atoms with Gasteiger partial charge in [0.05, 0.1) is 0 Å². The molecule has 0 aliphatic heterocycles. The van der Waals surface area contributed by atoms with Crippen LogP contribution in [0.4, 0.5) is 0 Å². The van der Waals surface area contributed by atoms with Crippen molar-refractivity contribution in [3.63, 3.8) is 0 Å². The molecule has 1 aliphatic rings. The van der Waals surface area contributed by atoms with E-state index in [-0.39, 0.29) is 6.04 Å². The van der Waals surface area contributed by atoms with Gasteiger partial charge in [-0.3, -0.25) is 0 Å². The number of rotatable bonds is 1. The second kappa shape index (κ2) is 3.07. The van der Waals surface area contributed by atoms with Gasteiger partial charge < -0.3 is 16.0 Å². The number of hydroxylamine groups is 2. The van der Waals surface area contributed by atoms with E-state index in [9.17, 15) is 5.21 Å². The third kappa shape index (κ3) is 1.82. The minimum absolute atomic E-state index is 0.00472. The Bertz CT molecular complexity index is 206. The standard InChI is InChI=1S/C8H13N2O/c1-6-3-4-7(9)5-8(6)10(2)11/h3-4,7H,5,9H2,1-2H3/q-1. The van der Waals surface area contributed by atoms with Crippen molar-refractivity contribution in [1.29, 1.82) is 0 Å². The molecule has 0 saturated carbocycles. The van der Waals surface area contributed by atoms with Crippen molar-refractivity contribution in [3.8, 4) is 0 Å². The lowest BCUT2D eigenvalue weighted by Gasteiger charge is -2.32. The Morgan fingerprint density at radius 1 is 1.73 bits per heavy atom. The number of allylic oxidation sites excluding steroid dienone is 2. The fraction of sp³-hybridized carbons (Fsp3) is 0.500. The molecule has 0 aromatic heterocycles. The molecule has 0 fully saturated rings. The van der Waals surface area contributed by atoms with Crippen LogP contribution >= 0.6 is 0 Å². The summed E-state index contributed by atoms with van der Waals surface area (Å²) < 4.78 is 0. The van der Waals surface area contributed by atoms with E-state index in [4.69, 9.17) is 5.73 Å². The number of hydrogen-bond acceptors (Lipinski definition) is 3. The van der Waals surface area contributed by atoms with E-state index in [1.54, 1.807) is 0 Å². The average Bonchev–Trinajstić information content (AvgIpc) is 1.94. The molecule has 0 aromatic rings. The molecule has 0 amide bonds. The number of hydrogen-bond donors (Lipinski definition) is 1. The Balaban J connectivity index is 2.81. The van der Waals surface area contributed by atoms with Gasteiger partial charge in [-0.05, 0) is 19.5 Å². The maximum absolute atomic E-state index is 10.9. The van der Waals surface area contributed by atoms with Gasteiger partial charge >= 0.3 is 0 Å². The molecule has 0 saturated heterocycles. The fourth-order valence-corrected chi connectivity index (χ4v) is 1.19. The molecule has 2 N–H and O–H groups in total. The van der Waals surface area contributed by atoms with Gasteiger partial charge in [0.25, 0.3) is 0 Å². The highest BCUT2D eigenvalue weighted by Gasteiger charge is 2.09. The first-order valence-electron chi connectivity index (χ1n) is 3.65. The van der Waals surface area contributed by atoms with E-state index in [1.807, 2.05) is 19.1 Å². The number of nitrogens with zero attached hydrogens (tertiary/aromatic N) is 1. The quantitative estimate of drug-likeness (QED) is 0.571. The smallest absolute Gasteiger partial charge is 0.0282 e. The van der Waals surface area contributed by atoms with Gasteiger partial charge in [0.1, 0.15) is 0 Å². The molecule has 1 atom stereocenters. The molecule has 3 nitrogen and oxygen atoms in total. The van der Waals surface area contributed by atoms with Crippen LogP contribution in [-0.2, 0) is 0 Å². The molecular weight excluding hydrogens is 140 g/mol. The fourth-order valence-electron chi connectivity index (χ4n) is 1.19. The van der Waals surface area contributed by atoms with Crippen molar-refractivity contribution < 1.29 is 0 Å². The molecule has 0 aromatic carbocycles. The predicted molar refractivity (Wildman–Crippen MR) is 45.6 cm³/mol. The van der Waals surface area contributed by atoms with Gasteiger partial charge in [0, 0.05) is 18.2 Å². The van der Waals surface area contributed by atoms with Crippen LogP contribution in [0.3, 0.4) is 0 Å². The summed E-state index contributed by atoms with van der Waals surface area (Å²) in [6.45, 7) is 1.92. The van der Waals surface area contributed by atoms with Crippen molar-refractivity contribution in [2.45, 2.75) is 19.4 Å². The topological polar surface area (TPSA) is 52.3 Å². The second-order valence-corrected chi connectivity index (χ2v) is 2.85. The Morgan fingerprint density at radius 3 is 2.82 bits per heavy atom. The summed E-state index contributed by atoms with van der Waals surface area (Å²) in [7, 11) is 1.50. The zero-order valence-electron chi connectivity index (χ0n) is 6.87. The summed E-state index contributed by atoms with van der Waals surface area (Å²) >= 11 is 0. The monoisotopic (exact) mass is 153 g/mol. The third-order valence-corrected chi connectivity index (χ3v) is 1.86. The van der Waals surface area contributed by atoms with E-state index < -0.39 is 0 Å². The largest absolute Gasteiger partial charge is 0.759 e. The zero-order valence-corrected chi connectivity index (χ0v) is 6.87. The van der Waals surface area contributed by atoms with Crippen LogP contribution in [0, 0.1) is 5.21 Å². The van der Waals surface area contributed by atoms with Gasteiger partial charge in [0.2, 0.25) is 0 Å². The van der Waals surface area contributed by atoms with Crippen LogP contribution in [0.25, 0.3) is 0 Å². The SMILES string of the molecule is CC1=C(N(C)[O-])CC(N)C=C1. The van der Waals surface area contributed by atoms with Crippen LogP contribution < -0.4 is 5.73 Å². The van der Waals surface area contributed by atoms with E-state index in [0.29, 0.717) is 6.42 Å². The van der Waals surface area contributed by atoms with Crippen LogP contribution in [-0.4, -0.2) is 18.2 Å². The highest BCUT2D eigenvalue weighted by molar-refractivity contribution is 5.29. The molecule has 11 heavy (non-hydrogen) atoms. The molecular formula is C8H13N2O-. The highest BCUT2D eigenvalue weighted by atomic mass is 16.5. The molecule has 0 radical (unpaired) electrons. The normalized spacial score (nSPS) is 24.2. The van der Waals surface area contributed by atoms with Gasteiger partial charge in [0.15, 0.2) is 0 Å². The van der Waals surface area contributed by atoms with Crippen molar-refractivity contribution >= 4 is 0 Å². The van der Waals surface area contributed by atoms with E-state index >= 15 is 0 Å². The first-order valence-corrected chi connectivity index (χ1v) is 3.65. The lowest BCUT2D eigenvalue weighted by atomic mass is 10.0. The molecule has 1 unspecified atom stereocenters. The third-order valence-electron chi connectivity index (χ3n) is 1.86. The van der Waals surface area contributed by atoms with Gasteiger partial charge in [-0.1, -0.05) is 12.2 Å². The Morgan fingerprint density at radius 2 is 2.36 bits per heavy atom. The van der Waals surface area contributed by atoms with E-state index in [2.05, 4.69) is 0 Å². The van der Waals surface area contributed by atoms with Crippen molar-refractivity contribution in [2.24, 2.45) is 5.73 Å². The molecule has 62 valence electrons. The second-order valence-electron chi connectivity index (χ2n) is 2.85. The molecule has 0 heterocycles. The lowest BCUT2D eigenvalue weighted by molar-refractivity contribution is 0.516. The summed E-state index contributed by atoms with van der Waals surface area (Å²) in [4.78, 5) is 0. The molecule has 3 heteroatoms. The van der Waals surface area contributed by atoms with Crippen molar-refractivity contribution in [1.82, 2.24) is 5.06 Å². The van der Waals surface area contributed by atoms with Crippen LogP contribution in [0.1, 0.15) is 13.3 Å². The Kier molecular flexibility index (Phi) is 2.31. The number of nitrogens with two attached hydrogens (primary N) is 1. The molecule has 0 bridgehead atoms. The summed E-state index contributed by atoms with van der Waals surface area (Å²) in [6, 6.07) is 0.00472. The lowest BCUT2D eigenvalue weighted by Crippen LogP contribution is -2.25. The van der Waals surface area contributed by atoms with Crippen molar-refractivity contribution in [2.75, 3.05) is 7.05 Å². The van der Waals surface area contributed by atoms with Crippen LogP contribution in [0.5, 0.6) is 0 Å². The van der Waals surface area contributed by atoms with Crippen LogP contribution in [0.15, 0.2) is 23.4 Å². The first-order chi connectivity index (χ1) is 5.11. The minimum atomic E-state index is 0.00472. The van der Waals surface area contributed by atoms with E-state index in [0.717, 1.165) is 16.3 Å². The average molecular weight is 153 g/mol. The van der Waals surface area contributed by atoms with Gasteiger partial charge in [-0.15, -0.1) is 0 Å². The van der Waals surface area contributed by atoms with Gasteiger partial charge in [-0.2, -0.15) is 0 Å². The summed E-state index contributed by atoms with van der Waals surface area (Å²) in [5.41, 5.74) is 7.45. The zero-order chi connectivity index (χ0) is 8.43. The van der Waals surface area contributed by atoms with E-state index in [1.165, 1.54) is 7.05 Å². The predicted octanol–water partition coefficient (Wildman–Crippen LogP) is 0.977. The highest BCUT2D eigenvalue weighted by Crippen LogP contribution is 2.19. The first kappa shape index (κ1) is 8.30. The maximum atomic E-state index is 10.9. The molecule has 0 spiro atoms. The summed E-state index contributed by atoms with van der Waals surface area (Å²) in [6.07, 6.45) is 4.47. The van der Waals surface area contributed by atoms with Gasteiger partial charge in [-0.25, -0.2) is 0 Å². The summed E-state index contributed by atoms with van der Waals surface area (Å²) in [5, 5.41) is 11.8. The Labute approximate surface area is 66.8 Å². The maximum Gasteiger partial charge on any atom is 0.0282 e.